The van der Waals surface area contributed by atoms with Crippen LogP contribution in [-0.2, 0) is 4.74 Å². The van der Waals surface area contributed by atoms with Crippen molar-refractivity contribution in [3.63, 3.8) is 0 Å². The molecule has 3 heteroatoms. The van der Waals surface area contributed by atoms with Gasteiger partial charge in [-0.2, -0.15) is 0 Å². The number of allylic oxidation sites excluding steroid dienone is 1. The van der Waals surface area contributed by atoms with Crippen molar-refractivity contribution in [3.8, 4) is 0 Å². The van der Waals surface area contributed by atoms with Crippen LogP contribution >= 0.6 is 15.9 Å². The zero-order chi connectivity index (χ0) is 16.7. The van der Waals surface area contributed by atoms with E-state index in [-0.39, 0.29) is 11.4 Å². The number of carbonyl (C=O) groups excluding carboxylic acids is 1. The van der Waals surface area contributed by atoms with Gasteiger partial charge in [0.15, 0.2) is 0 Å². The largest absolute Gasteiger partial charge is 0.462 e. The minimum absolute atomic E-state index is 0.0319. The van der Waals surface area contributed by atoms with Crippen LogP contribution in [0, 0.1) is 5.41 Å². The highest BCUT2D eigenvalue weighted by Crippen LogP contribution is 2.24. The number of esters is 1. The van der Waals surface area contributed by atoms with Gasteiger partial charge >= 0.3 is 5.97 Å². The summed E-state index contributed by atoms with van der Waals surface area (Å²) in [6.07, 6.45) is 5.05. The lowest BCUT2D eigenvalue weighted by Gasteiger charge is -2.20. The van der Waals surface area contributed by atoms with E-state index in [1.165, 1.54) is 5.56 Å². The average molecular weight is 373 g/mol. The van der Waals surface area contributed by atoms with E-state index in [0.717, 1.165) is 10.9 Å². The Labute approximate surface area is 146 Å². The standard InChI is InChI=1S/C20H21BrO2/c1-20(2,13-12-16-6-4-3-5-7-16)14-15-23-19(22)17-8-10-18(21)11-9-17/h3-13H,14-15H2,1-2H3/b13-12+. The summed E-state index contributed by atoms with van der Waals surface area (Å²) in [5.41, 5.74) is 1.72. The van der Waals surface area contributed by atoms with E-state index in [2.05, 4.69) is 54.1 Å². The highest BCUT2D eigenvalue weighted by atomic mass is 79.9. The zero-order valence-corrected chi connectivity index (χ0v) is 15.0. The summed E-state index contributed by atoms with van der Waals surface area (Å²) < 4.78 is 6.31. The third-order valence-electron chi connectivity index (χ3n) is 3.59. The van der Waals surface area contributed by atoms with Crippen molar-refractivity contribution >= 4 is 28.0 Å². The van der Waals surface area contributed by atoms with Gasteiger partial charge in [-0.05, 0) is 41.7 Å². The van der Waals surface area contributed by atoms with E-state index in [0.29, 0.717) is 12.2 Å². The first-order valence-electron chi connectivity index (χ1n) is 7.63. The predicted molar refractivity (Wildman–Crippen MR) is 98.3 cm³/mol. The normalized spacial score (nSPS) is 11.6. The fourth-order valence-corrected chi connectivity index (χ4v) is 2.31. The Morgan fingerprint density at radius 3 is 2.39 bits per heavy atom. The average Bonchev–Trinajstić information content (AvgIpc) is 2.54. The van der Waals surface area contributed by atoms with Crippen molar-refractivity contribution < 1.29 is 9.53 Å². The van der Waals surface area contributed by atoms with Crippen molar-refractivity contribution in [2.45, 2.75) is 20.3 Å². The van der Waals surface area contributed by atoms with E-state index in [1.54, 1.807) is 12.1 Å². The van der Waals surface area contributed by atoms with Crippen LogP contribution in [-0.4, -0.2) is 12.6 Å². The Kier molecular flexibility index (Phi) is 6.17. The number of benzene rings is 2. The molecule has 2 aromatic carbocycles. The van der Waals surface area contributed by atoms with Crippen LogP contribution in [0.25, 0.3) is 6.08 Å². The number of hydrogen-bond acceptors (Lipinski definition) is 2. The van der Waals surface area contributed by atoms with Gasteiger partial charge in [-0.15, -0.1) is 0 Å². The molecule has 2 nitrogen and oxygen atoms in total. The van der Waals surface area contributed by atoms with Gasteiger partial charge in [0.05, 0.1) is 12.2 Å². The van der Waals surface area contributed by atoms with Gasteiger partial charge in [0, 0.05) is 4.47 Å². The molecular weight excluding hydrogens is 352 g/mol. The SMILES string of the molecule is CC(C)(/C=C/c1ccccc1)CCOC(=O)c1ccc(Br)cc1. The third-order valence-corrected chi connectivity index (χ3v) is 4.11. The number of rotatable bonds is 6. The Hall–Kier alpha value is -1.87. The van der Waals surface area contributed by atoms with Gasteiger partial charge in [0.2, 0.25) is 0 Å². The van der Waals surface area contributed by atoms with Crippen LogP contribution in [0.4, 0.5) is 0 Å². The van der Waals surface area contributed by atoms with E-state index in [4.69, 9.17) is 4.74 Å². The van der Waals surface area contributed by atoms with Crippen molar-refractivity contribution in [3.05, 3.63) is 76.3 Å². The number of ether oxygens (including phenoxy) is 1. The molecule has 0 saturated carbocycles. The van der Waals surface area contributed by atoms with Crippen LogP contribution in [0.3, 0.4) is 0 Å². The Morgan fingerprint density at radius 2 is 1.74 bits per heavy atom. The van der Waals surface area contributed by atoms with Crippen molar-refractivity contribution in [2.24, 2.45) is 5.41 Å². The van der Waals surface area contributed by atoms with Crippen LogP contribution in [0.2, 0.25) is 0 Å². The molecule has 0 heterocycles. The lowest BCUT2D eigenvalue weighted by molar-refractivity contribution is 0.0473. The third kappa shape index (κ3) is 6.03. The van der Waals surface area contributed by atoms with Gasteiger partial charge in [-0.25, -0.2) is 4.79 Å². The molecule has 23 heavy (non-hydrogen) atoms. The smallest absolute Gasteiger partial charge is 0.338 e. The molecule has 0 N–H and O–H groups in total. The summed E-state index contributed by atoms with van der Waals surface area (Å²) in [6.45, 7) is 4.68. The number of hydrogen-bond donors (Lipinski definition) is 0. The first-order valence-corrected chi connectivity index (χ1v) is 8.43. The molecule has 120 valence electrons. The van der Waals surface area contributed by atoms with Crippen LogP contribution < -0.4 is 0 Å². The second-order valence-corrected chi connectivity index (χ2v) is 7.04. The summed E-state index contributed by atoms with van der Waals surface area (Å²) in [4.78, 5) is 12.0. The fourth-order valence-electron chi connectivity index (χ4n) is 2.05. The van der Waals surface area contributed by atoms with Crippen molar-refractivity contribution in [1.29, 1.82) is 0 Å². The van der Waals surface area contributed by atoms with E-state index in [1.807, 2.05) is 30.3 Å². The van der Waals surface area contributed by atoms with Gasteiger partial charge in [-0.3, -0.25) is 0 Å². The van der Waals surface area contributed by atoms with Crippen LogP contribution in [0.15, 0.2) is 65.1 Å². The molecule has 0 radical (unpaired) electrons. The first kappa shape index (κ1) is 17.5. The molecule has 0 aliphatic heterocycles. The highest BCUT2D eigenvalue weighted by Gasteiger charge is 2.15. The molecule has 0 aliphatic carbocycles. The maximum absolute atomic E-state index is 12.0. The van der Waals surface area contributed by atoms with Crippen LogP contribution in [0.1, 0.15) is 36.2 Å². The van der Waals surface area contributed by atoms with Gasteiger partial charge in [0.1, 0.15) is 0 Å². The topological polar surface area (TPSA) is 26.3 Å². The molecule has 0 aliphatic rings. The first-order chi connectivity index (χ1) is 11.0. The molecule has 2 rings (SSSR count). The number of carbonyl (C=O) groups is 1. The maximum Gasteiger partial charge on any atom is 0.338 e. The molecule has 0 spiro atoms. The lowest BCUT2D eigenvalue weighted by atomic mass is 9.89. The Bertz CT molecular complexity index is 658. The Morgan fingerprint density at radius 1 is 1.09 bits per heavy atom. The summed E-state index contributed by atoms with van der Waals surface area (Å²) in [5, 5.41) is 0. The minimum atomic E-state index is -0.277. The fraction of sp³-hybridized carbons (Fsp3) is 0.250. The van der Waals surface area contributed by atoms with Crippen LogP contribution in [0.5, 0.6) is 0 Å². The second kappa shape index (κ2) is 8.11. The summed E-state index contributed by atoms with van der Waals surface area (Å²) >= 11 is 3.35. The van der Waals surface area contributed by atoms with E-state index < -0.39 is 0 Å². The van der Waals surface area contributed by atoms with Crippen molar-refractivity contribution in [1.82, 2.24) is 0 Å². The van der Waals surface area contributed by atoms with Gasteiger partial charge < -0.3 is 4.74 Å². The molecule has 0 amide bonds. The Balaban J connectivity index is 1.83. The number of halogens is 1. The van der Waals surface area contributed by atoms with Crippen molar-refractivity contribution in [2.75, 3.05) is 6.61 Å². The molecule has 0 unspecified atom stereocenters. The molecule has 0 fully saturated rings. The molecule has 2 aromatic rings. The molecule has 0 saturated heterocycles. The predicted octanol–water partition coefficient (Wildman–Crippen LogP) is 5.74. The van der Waals surface area contributed by atoms with E-state index in [9.17, 15) is 4.79 Å². The summed E-state index contributed by atoms with van der Waals surface area (Å²) in [6, 6.07) is 17.4. The van der Waals surface area contributed by atoms with Gasteiger partial charge in [-0.1, -0.05) is 72.3 Å². The quantitative estimate of drug-likeness (QED) is 0.604. The van der Waals surface area contributed by atoms with E-state index >= 15 is 0 Å². The molecular formula is C20H21BrO2. The summed E-state index contributed by atoms with van der Waals surface area (Å²) in [7, 11) is 0. The summed E-state index contributed by atoms with van der Waals surface area (Å²) in [5.74, 6) is -0.277. The van der Waals surface area contributed by atoms with Gasteiger partial charge in [0.25, 0.3) is 0 Å². The second-order valence-electron chi connectivity index (χ2n) is 6.13. The molecule has 0 aromatic heterocycles. The highest BCUT2D eigenvalue weighted by molar-refractivity contribution is 9.10. The molecule has 0 atom stereocenters. The zero-order valence-electron chi connectivity index (χ0n) is 13.5. The molecule has 0 bridgehead atoms. The monoisotopic (exact) mass is 372 g/mol. The maximum atomic E-state index is 12.0. The minimum Gasteiger partial charge on any atom is -0.462 e. The lowest BCUT2D eigenvalue weighted by Crippen LogP contribution is -2.14.